The molecular weight excluding hydrogens is 384 g/mol. The quantitative estimate of drug-likeness (QED) is 0.515. The Morgan fingerprint density at radius 3 is 2.73 bits per heavy atom. The lowest BCUT2D eigenvalue weighted by molar-refractivity contribution is 0.0928. The number of anilines is 1. The zero-order valence-corrected chi connectivity index (χ0v) is 16.2. The standard InChI is InChI=1S/C22H22N4O4/c23-18-19(25-22(29)26-20(18)27)21(28)24-17-8-4-7-14-11-15(9-10-16(14)17)30-12-13-5-2-1-3-6-13/h1-3,5-6,9-11,17H,4,7-8,12,23H2,(H,24,28)(H2,25,26,27,29)/t17-/m0/s1. The highest BCUT2D eigenvalue weighted by molar-refractivity contribution is 5.97. The molecule has 0 fully saturated rings. The number of carbonyl (C=O) groups is 1. The topological polar surface area (TPSA) is 130 Å². The van der Waals surface area contributed by atoms with Gasteiger partial charge in [-0.25, -0.2) is 4.79 Å². The van der Waals surface area contributed by atoms with Gasteiger partial charge in [-0.3, -0.25) is 14.6 Å². The van der Waals surface area contributed by atoms with Gasteiger partial charge in [-0.1, -0.05) is 36.4 Å². The fourth-order valence-electron chi connectivity index (χ4n) is 3.68. The van der Waals surface area contributed by atoms with Gasteiger partial charge in [0.05, 0.1) is 6.04 Å². The summed E-state index contributed by atoms with van der Waals surface area (Å²) in [5.41, 5.74) is 6.75. The van der Waals surface area contributed by atoms with Crippen LogP contribution in [0.25, 0.3) is 0 Å². The predicted octanol–water partition coefficient (Wildman–Crippen LogP) is 2.03. The number of nitrogens with one attached hydrogen (secondary N) is 3. The maximum atomic E-state index is 12.6. The summed E-state index contributed by atoms with van der Waals surface area (Å²) in [7, 11) is 0. The third-order valence-electron chi connectivity index (χ3n) is 5.19. The van der Waals surface area contributed by atoms with Gasteiger partial charge in [-0.15, -0.1) is 0 Å². The van der Waals surface area contributed by atoms with Gasteiger partial charge in [0.15, 0.2) is 0 Å². The van der Waals surface area contributed by atoms with Crippen LogP contribution >= 0.6 is 0 Å². The van der Waals surface area contributed by atoms with Crippen molar-refractivity contribution in [1.82, 2.24) is 15.3 Å². The van der Waals surface area contributed by atoms with E-state index in [4.69, 9.17) is 10.5 Å². The molecule has 0 saturated heterocycles. The average molecular weight is 406 g/mol. The molecule has 2 aromatic carbocycles. The van der Waals surface area contributed by atoms with E-state index < -0.39 is 17.2 Å². The van der Waals surface area contributed by atoms with Crippen LogP contribution in [-0.2, 0) is 13.0 Å². The van der Waals surface area contributed by atoms with Crippen LogP contribution in [0.3, 0.4) is 0 Å². The number of hydrogen-bond donors (Lipinski definition) is 4. The van der Waals surface area contributed by atoms with E-state index in [0.29, 0.717) is 6.61 Å². The molecule has 30 heavy (non-hydrogen) atoms. The number of aromatic amines is 2. The van der Waals surface area contributed by atoms with E-state index in [2.05, 4.69) is 10.3 Å². The lowest BCUT2D eigenvalue weighted by atomic mass is 9.87. The molecule has 0 aliphatic heterocycles. The number of aryl methyl sites for hydroxylation is 1. The summed E-state index contributed by atoms with van der Waals surface area (Å²) in [6.07, 6.45) is 2.52. The summed E-state index contributed by atoms with van der Waals surface area (Å²) in [5, 5.41) is 2.88. The molecule has 154 valence electrons. The summed E-state index contributed by atoms with van der Waals surface area (Å²) < 4.78 is 5.90. The van der Waals surface area contributed by atoms with Crippen LogP contribution in [0, 0.1) is 0 Å². The highest BCUT2D eigenvalue weighted by Crippen LogP contribution is 2.32. The van der Waals surface area contributed by atoms with Crippen LogP contribution in [0.4, 0.5) is 5.69 Å². The molecular formula is C22H22N4O4. The maximum absolute atomic E-state index is 12.6. The molecule has 1 aromatic heterocycles. The van der Waals surface area contributed by atoms with Gasteiger partial charge in [-0.2, -0.15) is 0 Å². The summed E-state index contributed by atoms with van der Waals surface area (Å²) in [5.74, 6) is 0.186. The molecule has 8 heteroatoms. The minimum Gasteiger partial charge on any atom is -0.489 e. The summed E-state index contributed by atoms with van der Waals surface area (Å²) >= 11 is 0. The highest BCUT2D eigenvalue weighted by Gasteiger charge is 2.24. The van der Waals surface area contributed by atoms with Crippen molar-refractivity contribution in [2.45, 2.75) is 31.9 Å². The van der Waals surface area contributed by atoms with Crippen LogP contribution in [0.1, 0.15) is 46.1 Å². The van der Waals surface area contributed by atoms with Crippen molar-refractivity contribution in [3.63, 3.8) is 0 Å². The smallest absolute Gasteiger partial charge is 0.326 e. The first-order valence-corrected chi connectivity index (χ1v) is 9.74. The van der Waals surface area contributed by atoms with Crippen molar-refractivity contribution in [2.24, 2.45) is 0 Å². The van der Waals surface area contributed by atoms with E-state index >= 15 is 0 Å². The maximum Gasteiger partial charge on any atom is 0.326 e. The monoisotopic (exact) mass is 406 g/mol. The zero-order valence-electron chi connectivity index (χ0n) is 16.2. The molecule has 5 N–H and O–H groups in total. The third kappa shape index (κ3) is 4.12. The molecule has 0 bridgehead atoms. The second kappa shape index (κ2) is 8.28. The summed E-state index contributed by atoms with van der Waals surface area (Å²) in [4.78, 5) is 40.1. The molecule has 1 atom stereocenters. The van der Waals surface area contributed by atoms with Crippen molar-refractivity contribution in [2.75, 3.05) is 5.73 Å². The van der Waals surface area contributed by atoms with E-state index in [1.165, 1.54) is 0 Å². The number of amides is 1. The van der Waals surface area contributed by atoms with Crippen molar-refractivity contribution in [3.8, 4) is 5.75 Å². The first-order chi connectivity index (χ1) is 14.5. The molecule has 0 spiro atoms. The molecule has 1 heterocycles. The molecule has 3 aromatic rings. The zero-order chi connectivity index (χ0) is 21.1. The predicted molar refractivity (Wildman–Crippen MR) is 112 cm³/mol. The average Bonchev–Trinajstić information content (AvgIpc) is 2.75. The molecule has 1 aliphatic carbocycles. The summed E-state index contributed by atoms with van der Waals surface area (Å²) in [6.45, 7) is 0.481. The van der Waals surface area contributed by atoms with E-state index in [-0.39, 0.29) is 17.4 Å². The Labute approximate surface area is 172 Å². The number of H-pyrrole nitrogens is 2. The lowest BCUT2D eigenvalue weighted by Crippen LogP contribution is -2.36. The first kappa shape index (κ1) is 19.5. The van der Waals surface area contributed by atoms with Gasteiger partial charge in [0, 0.05) is 0 Å². The number of benzene rings is 2. The summed E-state index contributed by atoms with van der Waals surface area (Å²) in [6, 6.07) is 15.5. The molecule has 8 nitrogen and oxygen atoms in total. The Bertz CT molecular complexity index is 1180. The third-order valence-corrected chi connectivity index (χ3v) is 5.19. The normalized spacial score (nSPS) is 15.3. The van der Waals surface area contributed by atoms with Gasteiger partial charge < -0.3 is 20.8 Å². The van der Waals surface area contributed by atoms with Crippen molar-refractivity contribution in [1.29, 1.82) is 0 Å². The molecule has 0 unspecified atom stereocenters. The number of carbonyl (C=O) groups excluding carboxylic acids is 1. The number of nitrogen functional groups attached to an aromatic ring is 1. The van der Waals surface area contributed by atoms with E-state index in [1.54, 1.807) is 0 Å². The second-order valence-corrected chi connectivity index (χ2v) is 7.25. The van der Waals surface area contributed by atoms with Gasteiger partial charge in [0.1, 0.15) is 23.7 Å². The molecule has 0 saturated carbocycles. The Balaban J connectivity index is 1.51. The fraction of sp³-hybridized carbons (Fsp3) is 0.227. The number of hydrogen-bond acceptors (Lipinski definition) is 5. The Hall–Kier alpha value is -3.81. The minimum absolute atomic E-state index is 0.223. The molecule has 4 rings (SSSR count). The highest BCUT2D eigenvalue weighted by atomic mass is 16.5. The van der Waals surface area contributed by atoms with E-state index in [9.17, 15) is 14.4 Å². The van der Waals surface area contributed by atoms with Crippen LogP contribution in [0.2, 0.25) is 0 Å². The number of fused-ring (bicyclic) bond motifs is 1. The van der Waals surface area contributed by atoms with Crippen LogP contribution in [-0.4, -0.2) is 15.9 Å². The minimum atomic E-state index is -0.784. The van der Waals surface area contributed by atoms with Crippen molar-refractivity contribution >= 4 is 11.6 Å². The van der Waals surface area contributed by atoms with Gasteiger partial charge in [0.25, 0.3) is 11.5 Å². The second-order valence-electron chi connectivity index (χ2n) is 7.25. The van der Waals surface area contributed by atoms with Gasteiger partial charge in [-0.05, 0) is 48.1 Å². The largest absolute Gasteiger partial charge is 0.489 e. The number of nitrogens with two attached hydrogens (primary N) is 1. The van der Waals surface area contributed by atoms with Crippen LogP contribution < -0.4 is 27.0 Å². The molecule has 1 aliphatic rings. The van der Waals surface area contributed by atoms with Gasteiger partial charge >= 0.3 is 5.69 Å². The molecule has 1 amide bonds. The number of ether oxygens (including phenoxy) is 1. The van der Waals surface area contributed by atoms with Crippen molar-refractivity contribution in [3.05, 3.63) is 91.8 Å². The number of rotatable bonds is 5. The SMILES string of the molecule is Nc1c(C(=O)N[C@H]2CCCc3cc(OCc4ccccc4)ccc32)[nH]c(=O)[nH]c1=O. The van der Waals surface area contributed by atoms with Crippen LogP contribution in [0.5, 0.6) is 5.75 Å². The number of aromatic nitrogens is 2. The Morgan fingerprint density at radius 2 is 1.93 bits per heavy atom. The lowest BCUT2D eigenvalue weighted by Gasteiger charge is -2.27. The first-order valence-electron chi connectivity index (χ1n) is 9.74. The van der Waals surface area contributed by atoms with Gasteiger partial charge in [0.2, 0.25) is 0 Å². The van der Waals surface area contributed by atoms with E-state index in [1.807, 2.05) is 53.5 Å². The van der Waals surface area contributed by atoms with Crippen LogP contribution in [0.15, 0.2) is 58.1 Å². The Kier molecular flexibility index (Phi) is 5.38. The Morgan fingerprint density at radius 1 is 1.13 bits per heavy atom. The molecule has 0 radical (unpaired) electrons. The fourth-order valence-corrected chi connectivity index (χ4v) is 3.68. The van der Waals surface area contributed by atoms with Crippen molar-refractivity contribution < 1.29 is 9.53 Å². The van der Waals surface area contributed by atoms with E-state index in [0.717, 1.165) is 41.7 Å².